The maximum Gasteiger partial charge on any atom is 0.0726 e. The van der Waals surface area contributed by atoms with E-state index in [0.29, 0.717) is 6.10 Å². The van der Waals surface area contributed by atoms with Gasteiger partial charge in [-0.2, -0.15) is 0 Å². The van der Waals surface area contributed by atoms with Gasteiger partial charge in [0, 0.05) is 45.3 Å². The van der Waals surface area contributed by atoms with Gasteiger partial charge in [0.15, 0.2) is 0 Å². The van der Waals surface area contributed by atoms with Crippen molar-refractivity contribution in [3.8, 4) is 0 Å². The van der Waals surface area contributed by atoms with Crippen molar-refractivity contribution >= 4 is 0 Å². The van der Waals surface area contributed by atoms with E-state index in [0.717, 1.165) is 38.2 Å². The first-order valence-corrected chi connectivity index (χ1v) is 5.38. The van der Waals surface area contributed by atoms with Crippen LogP contribution in [0.2, 0.25) is 0 Å². The highest BCUT2D eigenvalue weighted by Crippen LogP contribution is 2.14. The number of ether oxygens (including phenoxy) is 1. The van der Waals surface area contributed by atoms with Gasteiger partial charge in [-0.1, -0.05) is 0 Å². The normalized spacial score (nSPS) is 19.3. The topological polar surface area (TPSA) is 38.2 Å². The lowest BCUT2D eigenvalue weighted by molar-refractivity contribution is 0.0385. The third-order valence-electron chi connectivity index (χ3n) is 2.87. The predicted molar refractivity (Wildman–Crippen MR) is 57.3 cm³/mol. The number of rotatable bonds is 3. The largest absolute Gasteiger partial charge is 0.381 e. The Morgan fingerprint density at radius 2 is 2.20 bits per heavy atom. The van der Waals surface area contributed by atoms with Crippen LogP contribution in [0.1, 0.15) is 18.5 Å². The molecule has 1 aromatic heterocycles. The highest BCUT2D eigenvalue weighted by molar-refractivity contribution is 4.94. The molecule has 0 radical (unpaired) electrons. The fourth-order valence-corrected chi connectivity index (χ4v) is 1.94. The zero-order chi connectivity index (χ0) is 10.5. The van der Waals surface area contributed by atoms with Crippen LogP contribution < -0.4 is 0 Å². The van der Waals surface area contributed by atoms with Crippen LogP contribution in [0.4, 0.5) is 0 Å². The van der Waals surface area contributed by atoms with E-state index in [-0.39, 0.29) is 0 Å². The van der Waals surface area contributed by atoms with Crippen molar-refractivity contribution in [3.05, 3.63) is 24.3 Å². The van der Waals surface area contributed by atoms with E-state index in [1.165, 1.54) is 0 Å². The summed E-state index contributed by atoms with van der Waals surface area (Å²) in [7, 11) is 1.79. The average molecular weight is 207 g/mol. The first kappa shape index (κ1) is 10.5. The van der Waals surface area contributed by atoms with Crippen LogP contribution in [0, 0.1) is 0 Å². The van der Waals surface area contributed by atoms with Gasteiger partial charge < -0.3 is 4.74 Å². The first-order chi connectivity index (χ1) is 7.38. The van der Waals surface area contributed by atoms with Crippen molar-refractivity contribution in [2.45, 2.75) is 25.5 Å². The first-order valence-electron chi connectivity index (χ1n) is 5.38. The summed E-state index contributed by atoms with van der Waals surface area (Å²) in [5.74, 6) is 0. The third-order valence-corrected chi connectivity index (χ3v) is 2.87. The molecule has 4 nitrogen and oxygen atoms in total. The molecule has 0 amide bonds. The molecule has 0 unspecified atom stereocenters. The van der Waals surface area contributed by atoms with Gasteiger partial charge in [0.05, 0.1) is 11.8 Å². The molecule has 4 heteroatoms. The molecule has 0 bridgehead atoms. The minimum Gasteiger partial charge on any atom is -0.381 e. The van der Waals surface area contributed by atoms with Gasteiger partial charge >= 0.3 is 0 Å². The fourth-order valence-electron chi connectivity index (χ4n) is 1.94. The molecule has 0 saturated carbocycles. The number of likely N-dealkylation sites (tertiary alicyclic amines) is 1. The Balaban J connectivity index is 1.82. The SMILES string of the molecule is COC1CCN(Cc2cnccn2)CC1. The average Bonchev–Trinajstić information content (AvgIpc) is 2.31. The Kier molecular flexibility index (Phi) is 3.64. The van der Waals surface area contributed by atoms with Crippen molar-refractivity contribution in [2.24, 2.45) is 0 Å². The van der Waals surface area contributed by atoms with Crippen molar-refractivity contribution in [1.82, 2.24) is 14.9 Å². The summed E-state index contributed by atoms with van der Waals surface area (Å²) in [6.07, 6.45) is 7.98. The van der Waals surface area contributed by atoms with Crippen molar-refractivity contribution in [3.63, 3.8) is 0 Å². The summed E-state index contributed by atoms with van der Waals surface area (Å²) in [5.41, 5.74) is 1.05. The summed E-state index contributed by atoms with van der Waals surface area (Å²) in [6, 6.07) is 0. The summed E-state index contributed by atoms with van der Waals surface area (Å²) in [5, 5.41) is 0. The summed E-state index contributed by atoms with van der Waals surface area (Å²) < 4.78 is 5.34. The Bertz CT molecular complexity index is 283. The lowest BCUT2D eigenvalue weighted by atomic mass is 10.1. The molecule has 2 rings (SSSR count). The molecule has 2 heterocycles. The van der Waals surface area contributed by atoms with Crippen molar-refractivity contribution in [2.75, 3.05) is 20.2 Å². The van der Waals surface area contributed by atoms with E-state index in [4.69, 9.17) is 4.74 Å². The maximum atomic E-state index is 5.34. The predicted octanol–water partition coefficient (Wildman–Crippen LogP) is 1.09. The second-order valence-corrected chi connectivity index (χ2v) is 3.91. The molecular weight excluding hydrogens is 190 g/mol. The second-order valence-electron chi connectivity index (χ2n) is 3.91. The lowest BCUT2D eigenvalue weighted by Gasteiger charge is -2.30. The zero-order valence-electron chi connectivity index (χ0n) is 9.09. The Morgan fingerprint density at radius 3 is 2.80 bits per heavy atom. The number of nitrogens with zero attached hydrogens (tertiary/aromatic N) is 3. The highest BCUT2D eigenvalue weighted by Gasteiger charge is 2.18. The quantitative estimate of drug-likeness (QED) is 0.743. The number of piperidine rings is 1. The van der Waals surface area contributed by atoms with Crippen LogP contribution in [0.25, 0.3) is 0 Å². The zero-order valence-corrected chi connectivity index (χ0v) is 9.09. The molecule has 0 N–H and O–H groups in total. The van der Waals surface area contributed by atoms with Gasteiger partial charge in [0.25, 0.3) is 0 Å². The maximum absolute atomic E-state index is 5.34. The minimum atomic E-state index is 0.447. The number of hydrogen-bond donors (Lipinski definition) is 0. The van der Waals surface area contributed by atoms with Gasteiger partial charge in [-0.25, -0.2) is 0 Å². The number of methoxy groups -OCH3 is 1. The summed E-state index contributed by atoms with van der Waals surface area (Å²) in [4.78, 5) is 10.7. The van der Waals surface area contributed by atoms with Crippen molar-refractivity contribution < 1.29 is 4.74 Å². The Hall–Kier alpha value is -1.00. The standard InChI is InChI=1S/C11H17N3O/c1-15-11-2-6-14(7-3-11)9-10-8-12-4-5-13-10/h4-5,8,11H,2-3,6-7,9H2,1H3. The Morgan fingerprint density at radius 1 is 1.40 bits per heavy atom. The fraction of sp³-hybridized carbons (Fsp3) is 0.636. The van der Waals surface area contributed by atoms with Crippen LogP contribution in [-0.4, -0.2) is 41.2 Å². The van der Waals surface area contributed by atoms with Crippen LogP contribution in [0.5, 0.6) is 0 Å². The smallest absolute Gasteiger partial charge is 0.0726 e. The van der Waals surface area contributed by atoms with E-state index in [2.05, 4.69) is 14.9 Å². The monoisotopic (exact) mass is 207 g/mol. The van der Waals surface area contributed by atoms with Gasteiger partial charge in [0.2, 0.25) is 0 Å². The van der Waals surface area contributed by atoms with Gasteiger partial charge in [0.1, 0.15) is 0 Å². The van der Waals surface area contributed by atoms with Crippen LogP contribution in [0.15, 0.2) is 18.6 Å². The summed E-state index contributed by atoms with van der Waals surface area (Å²) in [6.45, 7) is 3.09. The van der Waals surface area contributed by atoms with Crippen LogP contribution >= 0.6 is 0 Å². The van der Waals surface area contributed by atoms with E-state index in [9.17, 15) is 0 Å². The van der Waals surface area contributed by atoms with Crippen molar-refractivity contribution in [1.29, 1.82) is 0 Å². The molecule has 1 aromatic rings. The number of aromatic nitrogens is 2. The molecule has 82 valence electrons. The van der Waals surface area contributed by atoms with Gasteiger partial charge in [-0.05, 0) is 12.8 Å². The molecule has 0 aliphatic carbocycles. The molecule has 1 aliphatic rings. The molecule has 15 heavy (non-hydrogen) atoms. The van der Waals surface area contributed by atoms with Gasteiger partial charge in [-0.3, -0.25) is 14.9 Å². The summed E-state index contributed by atoms with van der Waals surface area (Å²) >= 11 is 0. The van der Waals surface area contributed by atoms with Gasteiger partial charge in [-0.15, -0.1) is 0 Å². The molecule has 0 atom stereocenters. The minimum absolute atomic E-state index is 0.447. The van der Waals surface area contributed by atoms with Crippen LogP contribution in [-0.2, 0) is 11.3 Å². The van der Waals surface area contributed by atoms with E-state index >= 15 is 0 Å². The highest BCUT2D eigenvalue weighted by atomic mass is 16.5. The number of hydrogen-bond acceptors (Lipinski definition) is 4. The third kappa shape index (κ3) is 2.97. The molecule has 1 aliphatic heterocycles. The molecule has 1 fully saturated rings. The van der Waals surface area contributed by atoms with E-state index in [1.807, 2.05) is 6.20 Å². The second kappa shape index (κ2) is 5.19. The van der Waals surface area contributed by atoms with E-state index < -0.39 is 0 Å². The Labute approximate surface area is 90.3 Å². The molecule has 0 spiro atoms. The van der Waals surface area contributed by atoms with E-state index in [1.54, 1.807) is 19.5 Å². The van der Waals surface area contributed by atoms with Crippen LogP contribution in [0.3, 0.4) is 0 Å². The molecule has 0 aromatic carbocycles. The lowest BCUT2D eigenvalue weighted by Crippen LogP contribution is -2.36. The molecular formula is C11H17N3O. The molecule has 1 saturated heterocycles.